The molecule has 0 atom stereocenters. The number of rotatable bonds is 9. The van der Waals surface area contributed by atoms with Crippen LogP contribution in [0, 0.1) is 6.92 Å². The lowest BCUT2D eigenvalue weighted by Gasteiger charge is -2.09. The van der Waals surface area contributed by atoms with Crippen LogP contribution in [0.1, 0.15) is 5.56 Å². The number of hydrogen-bond acceptors (Lipinski definition) is 8. The molecule has 0 fully saturated rings. The predicted molar refractivity (Wildman–Crippen MR) is 122 cm³/mol. The summed E-state index contributed by atoms with van der Waals surface area (Å²) in [5.74, 6) is 1.78. The molecule has 0 saturated heterocycles. The summed E-state index contributed by atoms with van der Waals surface area (Å²) in [6, 6.07) is 15.6. The minimum Gasteiger partial charge on any atom is -0.367 e. The Kier molecular flexibility index (Phi) is 6.38. The van der Waals surface area contributed by atoms with E-state index in [1.807, 2.05) is 19.1 Å². The van der Waals surface area contributed by atoms with E-state index in [1.54, 1.807) is 65.7 Å². The molecule has 0 aliphatic rings. The van der Waals surface area contributed by atoms with E-state index in [9.17, 15) is 8.42 Å². The number of aryl methyl sites for hydroxylation is 1. The third kappa shape index (κ3) is 5.45. The zero-order chi connectivity index (χ0) is 22.4. The monoisotopic (exact) mass is 450 g/mol. The third-order valence-corrected chi connectivity index (χ3v) is 5.95. The highest BCUT2D eigenvalue weighted by molar-refractivity contribution is 7.89. The van der Waals surface area contributed by atoms with Crippen LogP contribution >= 0.6 is 0 Å². The normalized spacial score (nSPS) is 11.3. The van der Waals surface area contributed by atoms with E-state index in [4.69, 9.17) is 0 Å². The Morgan fingerprint density at radius 3 is 2.31 bits per heavy atom. The van der Waals surface area contributed by atoms with E-state index >= 15 is 0 Å². The lowest BCUT2D eigenvalue weighted by atomic mass is 10.3. The second-order valence-corrected chi connectivity index (χ2v) is 8.69. The molecule has 0 spiro atoms. The summed E-state index contributed by atoms with van der Waals surface area (Å²) in [6.07, 6.45) is 5.22. The zero-order valence-corrected chi connectivity index (χ0v) is 18.1. The molecule has 3 N–H and O–H groups in total. The maximum Gasteiger partial charge on any atom is 0.240 e. The van der Waals surface area contributed by atoms with Crippen LogP contribution in [0.15, 0.2) is 78.1 Å². The maximum atomic E-state index is 12.5. The average Bonchev–Trinajstić information content (AvgIpc) is 3.35. The Labute approximate surface area is 185 Å². The quantitative estimate of drug-likeness (QED) is 0.332. The fourth-order valence-corrected chi connectivity index (χ4v) is 3.86. The summed E-state index contributed by atoms with van der Waals surface area (Å²) in [7, 11) is -3.62. The Bertz CT molecular complexity index is 1240. The molecule has 0 saturated carbocycles. The van der Waals surface area contributed by atoms with Crippen molar-refractivity contribution in [2.45, 2.75) is 11.8 Å². The zero-order valence-electron chi connectivity index (χ0n) is 17.3. The highest BCUT2D eigenvalue weighted by Crippen LogP contribution is 2.14. The molecule has 10 nitrogen and oxygen atoms in total. The van der Waals surface area contributed by atoms with Crippen molar-refractivity contribution in [3.63, 3.8) is 0 Å². The first-order valence-electron chi connectivity index (χ1n) is 9.87. The molecular weight excluding hydrogens is 428 g/mol. The minimum atomic E-state index is -3.62. The van der Waals surface area contributed by atoms with Gasteiger partial charge in [-0.25, -0.2) is 22.8 Å². The van der Waals surface area contributed by atoms with Crippen molar-refractivity contribution < 1.29 is 8.42 Å². The highest BCUT2D eigenvalue weighted by atomic mass is 32.2. The molecule has 1 aromatic carbocycles. The summed E-state index contributed by atoms with van der Waals surface area (Å²) in [5.41, 5.74) is 1.85. The van der Waals surface area contributed by atoms with Gasteiger partial charge in [0.1, 0.15) is 11.6 Å². The largest absolute Gasteiger partial charge is 0.367 e. The molecule has 0 radical (unpaired) electrons. The van der Waals surface area contributed by atoms with Crippen molar-refractivity contribution in [3.05, 3.63) is 78.8 Å². The van der Waals surface area contributed by atoms with Crippen LogP contribution in [0.2, 0.25) is 0 Å². The lowest BCUT2D eigenvalue weighted by Crippen LogP contribution is -2.29. The smallest absolute Gasteiger partial charge is 0.240 e. The first-order chi connectivity index (χ1) is 15.5. The second kappa shape index (κ2) is 9.54. The average molecular weight is 451 g/mol. The summed E-state index contributed by atoms with van der Waals surface area (Å²) in [5, 5.41) is 18.4. The Morgan fingerprint density at radius 2 is 1.66 bits per heavy atom. The molecule has 4 rings (SSSR count). The first-order valence-corrected chi connectivity index (χ1v) is 11.3. The number of aromatic nitrogens is 5. The van der Waals surface area contributed by atoms with Crippen LogP contribution in [-0.4, -0.2) is 46.5 Å². The van der Waals surface area contributed by atoms with Gasteiger partial charge in [0.15, 0.2) is 5.82 Å². The topological polar surface area (TPSA) is 127 Å². The fourth-order valence-electron chi connectivity index (χ4n) is 2.83. The van der Waals surface area contributed by atoms with E-state index in [0.717, 1.165) is 11.3 Å². The third-order valence-electron chi connectivity index (χ3n) is 4.47. The van der Waals surface area contributed by atoms with Crippen LogP contribution < -0.4 is 15.4 Å². The van der Waals surface area contributed by atoms with Gasteiger partial charge in [-0.15, -0.1) is 10.2 Å². The van der Waals surface area contributed by atoms with Gasteiger partial charge >= 0.3 is 0 Å². The Morgan fingerprint density at radius 1 is 0.906 bits per heavy atom. The van der Waals surface area contributed by atoms with Gasteiger partial charge in [-0.2, -0.15) is 5.10 Å². The molecular formula is C21H22N8O2S. The van der Waals surface area contributed by atoms with Crippen molar-refractivity contribution >= 4 is 27.5 Å². The van der Waals surface area contributed by atoms with Gasteiger partial charge in [0.05, 0.1) is 10.6 Å². The molecule has 0 amide bonds. The van der Waals surface area contributed by atoms with E-state index in [-0.39, 0.29) is 11.4 Å². The lowest BCUT2D eigenvalue weighted by molar-refractivity contribution is 0.583. The van der Waals surface area contributed by atoms with Gasteiger partial charge in [-0.05, 0) is 61.0 Å². The SMILES string of the molecule is Cc1ccc(Nc2ccc(NCCNS(=O)(=O)c3ccc(-n4cccn4)cc3)nn2)nc1. The van der Waals surface area contributed by atoms with Crippen molar-refractivity contribution in [1.29, 1.82) is 0 Å². The molecule has 11 heteroatoms. The number of pyridine rings is 1. The van der Waals surface area contributed by atoms with Crippen molar-refractivity contribution in [3.8, 4) is 5.69 Å². The first kappa shape index (κ1) is 21.4. The molecule has 0 unspecified atom stereocenters. The van der Waals surface area contributed by atoms with Gasteiger partial charge in [0.2, 0.25) is 10.0 Å². The van der Waals surface area contributed by atoms with Gasteiger partial charge in [0, 0.05) is 31.7 Å². The van der Waals surface area contributed by atoms with Gasteiger partial charge in [-0.3, -0.25) is 0 Å². The van der Waals surface area contributed by atoms with Gasteiger partial charge in [0.25, 0.3) is 0 Å². The van der Waals surface area contributed by atoms with E-state index in [2.05, 4.69) is 35.6 Å². The number of benzene rings is 1. The van der Waals surface area contributed by atoms with Crippen LogP contribution in [0.3, 0.4) is 0 Å². The molecule has 164 valence electrons. The van der Waals surface area contributed by atoms with Crippen LogP contribution in [-0.2, 0) is 10.0 Å². The predicted octanol–water partition coefficient (Wildman–Crippen LogP) is 2.50. The molecule has 3 aromatic heterocycles. The van der Waals surface area contributed by atoms with E-state index in [0.29, 0.717) is 24.0 Å². The number of anilines is 3. The van der Waals surface area contributed by atoms with Crippen molar-refractivity contribution in [2.75, 3.05) is 23.7 Å². The second-order valence-electron chi connectivity index (χ2n) is 6.92. The molecule has 3 heterocycles. The highest BCUT2D eigenvalue weighted by Gasteiger charge is 2.13. The number of sulfonamides is 1. The number of hydrogen-bond donors (Lipinski definition) is 3. The summed E-state index contributed by atoms with van der Waals surface area (Å²) >= 11 is 0. The van der Waals surface area contributed by atoms with Crippen LogP contribution in [0.5, 0.6) is 0 Å². The van der Waals surface area contributed by atoms with Crippen molar-refractivity contribution in [2.24, 2.45) is 0 Å². The summed E-state index contributed by atoms with van der Waals surface area (Å²) < 4.78 is 29.2. The van der Waals surface area contributed by atoms with Gasteiger partial charge < -0.3 is 10.6 Å². The fraction of sp³-hybridized carbons (Fsp3) is 0.143. The van der Waals surface area contributed by atoms with Crippen LogP contribution in [0.25, 0.3) is 5.69 Å². The minimum absolute atomic E-state index is 0.188. The number of nitrogens with zero attached hydrogens (tertiary/aromatic N) is 5. The molecule has 0 aliphatic carbocycles. The molecule has 0 aliphatic heterocycles. The Hall–Kier alpha value is -3.83. The standard InChI is InChI=1S/C21H22N8O2S/c1-16-3-8-19(23-15-16)26-21-10-9-20(27-28-21)22-12-13-25-32(30,31)18-6-4-17(5-7-18)29-14-2-11-24-29/h2-11,14-15,25H,12-13H2,1H3,(H,22,27)(H,23,26,28). The van der Waals surface area contributed by atoms with E-state index < -0.39 is 10.0 Å². The Balaban J connectivity index is 1.25. The number of nitrogens with one attached hydrogen (secondary N) is 3. The van der Waals surface area contributed by atoms with Gasteiger partial charge in [-0.1, -0.05) is 6.07 Å². The summed E-state index contributed by atoms with van der Waals surface area (Å²) in [6.45, 7) is 2.51. The molecule has 0 bridgehead atoms. The summed E-state index contributed by atoms with van der Waals surface area (Å²) in [4.78, 5) is 4.45. The van der Waals surface area contributed by atoms with Crippen LogP contribution in [0.4, 0.5) is 17.5 Å². The molecule has 32 heavy (non-hydrogen) atoms. The maximum absolute atomic E-state index is 12.5. The van der Waals surface area contributed by atoms with E-state index in [1.165, 1.54) is 0 Å². The molecule has 4 aromatic rings. The van der Waals surface area contributed by atoms with Crippen molar-refractivity contribution in [1.82, 2.24) is 29.7 Å².